The highest BCUT2D eigenvalue weighted by atomic mass is 19.1. The maximum atomic E-state index is 17.4. The Hall–Kier alpha value is -4.70. The van der Waals surface area contributed by atoms with E-state index in [1.165, 1.54) is 31.2 Å². The molecule has 4 aliphatic carbocycles. The number of esters is 1. The average molecular weight is 759 g/mol. The molecule has 1 aromatic carbocycles. The smallest absolute Gasteiger partial charge is 0.464 e. The number of amides is 1. The first-order valence-corrected chi connectivity index (χ1v) is 18.1. The number of nitrogens with one attached hydrogen (secondary N) is 1. The van der Waals surface area contributed by atoms with Gasteiger partial charge in [0.15, 0.2) is 18.1 Å². The van der Waals surface area contributed by atoms with Crippen molar-refractivity contribution in [2.24, 2.45) is 28.6 Å². The number of ketones is 2. The van der Waals surface area contributed by atoms with Gasteiger partial charge in [-0.3, -0.25) is 14.4 Å². The number of aliphatic hydroxyl groups excluding tert-OH is 1. The molecule has 0 unspecified atom stereocenters. The molecule has 5 rings (SSSR count). The summed E-state index contributed by atoms with van der Waals surface area (Å²) in [6, 6.07) is 4.87. The number of carbonyl (C=O) groups excluding carboxylic acids is 5. The molecule has 0 aliphatic heterocycles. The van der Waals surface area contributed by atoms with Crippen LogP contribution in [0.25, 0.3) is 0 Å². The molecule has 0 spiro atoms. The monoisotopic (exact) mass is 758 g/mol. The minimum absolute atomic E-state index is 0.0325. The van der Waals surface area contributed by atoms with Crippen LogP contribution >= 0.6 is 0 Å². The Kier molecular flexibility index (Phi) is 11.7. The predicted octanol–water partition coefficient (Wildman–Crippen LogP) is 3.70. The van der Waals surface area contributed by atoms with Gasteiger partial charge in [-0.1, -0.05) is 43.7 Å². The van der Waals surface area contributed by atoms with Crippen LogP contribution in [0.5, 0.6) is 5.75 Å². The molecule has 16 heteroatoms. The second kappa shape index (κ2) is 15.6. The lowest BCUT2D eigenvalue weighted by atomic mass is 9.45. The van der Waals surface area contributed by atoms with Gasteiger partial charge in [0.1, 0.15) is 17.4 Å². The lowest BCUT2D eigenvalue weighted by molar-refractivity contribution is -0.757. The Morgan fingerprint density at radius 1 is 1.09 bits per heavy atom. The number of fused-ring (bicyclic) bond motifs is 5. The molecule has 0 radical (unpaired) electrons. The van der Waals surface area contributed by atoms with Gasteiger partial charge >= 0.3 is 12.1 Å². The average Bonchev–Trinajstić information content (AvgIpc) is 3.31. The highest BCUT2D eigenvalue weighted by molar-refractivity contribution is 5.94. The number of unbranched alkanes of at least 4 members (excludes halogenated alkanes) is 1. The SMILES string of the molecule is CC(=O)N[C@@H](Cc1ccc(OC(=O)OCC(=O)[C@@]2(O)[C@@H](C)C[C@H]3[C@@H]4CC=C5CC(=O)C=C[C@]5(C)[C@@]4(F)[C@@H](O)C[C@@]32C)cc1)C(=O)OCCCCO[N+](=O)[O-]. The van der Waals surface area contributed by atoms with Crippen LogP contribution in [-0.2, 0) is 39.9 Å². The fourth-order valence-corrected chi connectivity index (χ4v) is 9.39. The first kappa shape index (κ1) is 40.5. The van der Waals surface area contributed by atoms with E-state index in [1.54, 1.807) is 32.9 Å². The maximum absolute atomic E-state index is 17.4. The summed E-state index contributed by atoms with van der Waals surface area (Å²) >= 11 is 0. The van der Waals surface area contributed by atoms with Gasteiger partial charge in [-0.15, -0.1) is 10.1 Å². The van der Waals surface area contributed by atoms with Crippen LogP contribution in [0.3, 0.4) is 0 Å². The van der Waals surface area contributed by atoms with E-state index in [2.05, 4.69) is 10.2 Å². The van der Waals surface area contributed by atoms with Gasteiger partial charge in [0.05, 0.1) is 19.3 Å². The number of Topliss-reactive ketones (excluding diaryl/α,β-unsaturated/α-hetero) is 1. The zero-order chi connectivity index (χ0) is 39.6. The molecule has 0 bridgehead atoms. The van der Waals surface area contributed by atoms with E-state index in [-0.39, 0.29) is 56.9 Å². The molecule has 2 fully saturated rings. The number of aliphatic hydroxyl groups is 2. The third-order valence-corrected chi connectivity index (χ3v) is 12.1. The summed E-state index contributed by atoms with van der Waals surface area (Å²) in [4.78, 5) is 77.3. The standard InChI is InChI=1S/C38H47FN2O13/c1-22-17-29-28-12-9-25-19-26(43)13-14-35(25,3)37(28,39)31(44)20-36(29,4)38(22,48)32(45)21-52-34(47)54-27-10-7-24(8-11-27)18-30(40-23(2)42)33(46)51-15-5-6-16-53-41(49)50/h7-11,13-14,22,28-31,44,48H,5-6,12,15-21H2,1-4H3,(H,40,42)/t22-,28-,29-,30-,31-,35-,36-,37-,38-/m0/s1. The minimum Gasteiger partial charge on any atom is -0.464 e. The van der Waals surface area contributed by atoms with E-state index in [9.17, 15) is 44.3 Å². The molecule has 2 saturated carbocycles. The van der Waals surface area contributed by atoms with Crippen LogP contribution in [-0.4, -0.2) is 88.1 Å². The van der Waals surface area contributed by atoms with Crippen molar-refractivity contribution in [1.29, 1.82) is 0 Å². The Balaban J connectivity index is 1.17. The molecule has 54 heavy (non-hydrogen) atoms. The number of hydrogen-bond donors (Lipinski definition) is 3. The first-order chi connectivity index (χ1) is 25.4. The van der Waals surface area contributed by atoms with Gasteiger partial charge in [-0.05, 0) is 74.6 Å². The molecule has 0 aromatic heterocycles. The molecule has 0 heterocycles. The van der Waals surface area contributed by atoms with Crippen molar-refractivity contribution in [2.45, 2.75) is 96.1 Å². The number of nitrogens with zero attached hydrogens (tertiary/aromatic N) is 1. The van der Waals surface area contributed by atoms with E-state index in [0.29, 0.717) is 24.0 Å². The van der Waals surface area contributed by atoms with Crippen molar-refractivity contribution < 1.29 is 62.7 Å². The Morgan fingerprint density at radius 3 is 2.44 bits per heavy atom. The van der Waals surface area contributed by atoms with Crippen molar-refractivity contribution in [1.82, 2.24) is 5.32 Å². The van der Waals surface area contributed by atoms with Gasteiger partial charge in [-0.25, -0.2) is 14.0 Å². The highest BCUT2D eigenvalue weighted by Gasteiger charge is 2.75. The summed E-state index contributed by atoms with van der Waals surface area (Å²) in [5.41, 5.74) is -5.46. The topological polar surface area (TPSA) is 218 Å². The Bertz CT molecular complexity index is 1730. The number of allylic oxidation sites excluding steroid dienone is 4. The molecule has 15 nitrogen and oxygen atoms in total. The summed E-state index contributed by atoms with van der Waals surface area (Å²) in [5, 5.41) is 35.5. The summed E-state index contributed by atoms with van der Waals surface area (Å²) < 4.78 is 33.0. The molecule has 1 amide bonds. The van der Waals surface area contributed by atoms with E-state index < -0.39 is 87.5 Å². The second-order valence-corrected chi connectivity index (χ2v) is 15.3. The third kappa shape index (κ3) is 7.37. The predicted molar refractivity (Wildman–Crippen MR) is 186 cm³/mol. The maximum Gasteiger partial charge on any atom is 0.514 e. The summed E-state index contributed by atoms with van der Waals surface area (Å²) in [6.45, 7) is 5.28. The van der Waals surface area contributed by atoms with Gasteiger partial charge in [0.2, 0.25) is 11.7 Å². The van der Waals surface area contributed by atoms with E-state index in [1.807, 2.05) is 6.08 Å². The molecule has 0 saturated heterocycles. The van der Waals surface area contributed by atoms with Crippen LogP contribution in [0.1, 0.15) is 71.8 Å². The zero-order valence-corrected chi connectivity index (χ0v) is 30.7. The van der Waals surface area contributed by atoms with Crippen LogP contribution in [0.15, 0.2) is 48.1 Å². The molecule has 4 aliphatic rings. The molecule has 3 N–H and O–H groups in total. The van der Waals surface area contributed by atoms with E-state index >= 15 is 4.39 Å². The third-order valence-electron chi connectivity index (χ3n) is 12.1. The number of benzene rings is 1. The number of rotatable bonds is 14. The van der Waals surface area contributed by atoms with Crippen molar-refractivity contribution in [3.05, 3.63) is 63.7 Å². The molecular formula is C38H47FN2O13. The number of alkyl halides is 1. The van der Waals surface area contributed by atoms with Crippen LogP contribution in [0, 0.1) is 38.7 Å². The minimum atomic E-state index is -2.13. The van der Waals surface area contributed by atoms with Crippen molar-refractivity contribution in [2.75, 3.05) is 19.8 Å². The molecule has 294 valence electrons. The summed E-state index contributed by atoms with van der Waals surface area (Å²) in [5.74, 6) is -3.98. The number of ether oxygens (including phenoxy) is 3. The van der Waals surface area contributed by atoms with Crippen molar-refractivity contribution in [3.8, 4) is 5.75 Å². The van der Waals surface area contributed by atoms with E-state index in [0.717, 1.165) is 0 Å². The highest BCUT2D eigenvalue weighted by Crippen LogP contribution is 2.70. The number of carbonyl (C=O) groups is 5. The summed E-state index contributed by atoms with van der Waals surface area (Å²) in [7, 11) is 0. The lowest BCUT2D eigenvalue weighted by Gasteiger charge is -2.62. The number of hydrogen-bond acceptors (Lipinski definition) is 13. The van der Waals surface area contributed by atoms with Crippen molar-refractivity contribution >= 4 is 29.6 Å². The van der Waals surface area contributed by atoms with E-state index in [4.69, 9.17) is 14.2 Å². The fourth-order valence-electron chi connectivity index (χ4n) is 9.39. The van der Waals surface area contributed by atoms with Crippen molar-refractivity contribution in [3.63, 3.8) is 0 Å². The molecule has 1 aromatic rings. The normalized spacial score (nSPS) is 32.9. The lowest BCUT2D eigenvalue weighted by Crippen LogP contribution is -2.69. The quantitative estimate of drug-likeness (QED) is 0.0617. The summed E-state index contributed by atoms with van der Waals surface area (Å²) in [6.07, 6.45) is 2.99. The van der Waals surface area contributed by atoms with Gasteiger partial charge < -0.3 is 34.6 Å². The molecular weight excluding hydrogens is 711 g/mol. The van der Waals surface area contributed by atoms with Crippen LogP contribution in [0.2, 0.25) is 0 Å². The number of halogens is 1. The first-order valence-electron chi connectivity index (χ1n) is 18.1. The van der Waals surface area contributed by atoms with Crippen LogP contribution < -0.4 is 10.1 Å². The molecule has 9 atom stereocenters. The van der Waals surface area contributed by atoms with Gasteiger partial charge in [0, 0.05) is 36.5 Å². The van der Waals surface area contributed by atoms with Crippen LogP contribution in [0.4, 0.5) is 9.18 Å². The Morgan fingerprint density at radius 2 is 1.78 bits per heavy atom. The Labute approximate surface area is 311 Å². The largest absolute Gasteiger partial charge is 0.514 e. The zero-order valence-electron chi connectivity index (χ0n) is 30.7. The van der Waals surface area contributed by atoms with Gasteiger partial charge in [-0.2, -0.15) is 0 Å². The second-order valence-electron chi connectivity index (χ2n) is 15.3. The van der Waals surface area contributed by atoms with Gasteiger partial charge in [0.25, 0.3) is 5.09 Å². The fraction of sp³-hybridized carbons (Fsp3) is 0.605.